The van der Waals surface area contributed by atoms with Gasteiger partial charge < -0.3 is 15.1 Å². The standard InChI is InChI=1S/C17H14Cl2F6N4O3/c1-15(32,14(30)31)10-12(17(23,24)25)27-29(13(10)26-6-28(2)3)11-8(18)4-7(5-9(11)19)16(20,21)22/h4-6,32H,1-3H3,(H,30,31). The lowest BCUT2D eigenvalue weighted by atomic mass is 9.95. The third kappa shape index (κ3) is 4.94. The number of halogens is 8. The monoisotopic (exact) mass is 506 g/mol. The Morgan fingerprint density at radius 3 is 2.00 bits per heavy atom. The topological polar surface area (TPSA) is 90.9 Å². The maximum Gasteiger partial charge on any atom is 0.435 e. The first-order chi connectivity index (χ1) is 14.4. The van der Waals surface area contributed by atoms with Crippen LogP contribution in [0, 0.1) is 0 Å². The number of alkyl halides is 6. The molecule has 1 atom stereocenters. The van der Waals surface area contributed by atoms with Gasteiger partial charge >= 0.3 is 18.3 Å². The van der Waals surface area contributed by atoms with Crippen LogP contribution in [-0.2, 0) is 22.7 Å². The van der Waals surface area contributed by atoms with E-state index in [2.05, 4.69) is 10.1 Å². The van der Waals surface area contributed by atoms with E-state index in [1.54, 1.807) is 0 Å². The Morgan fingerprint density at radius 1 is 1.12 bits per heavy atom. The minimum atomic E-state index is -5.28. The van der Waals surface area contributed by atoms with Gasteiger partial charge in [0.05, 0.1) is 27.5 Å². The first-order valence-corrected chi connectivity index (χ1v) is 9.08. The number of hydrogen-bond donors (Lipinski definition) is 2. The maximum atomic E-state index is 13.7. The van der Waals surface area contributed by atoms with Gasteiger partial charge in [-0.25, -0.2) is 14.5 Å². The highest BCUT2D eigenvalue weighted by Gasteiger charge is 2.49. The fourth-order valence-electron chi connectivity index (χ4n) is 2.54. The molecule has 0 radical (unpaired) electrons. The molecule has 0 aliphatic carbocycles. The summed E-state index contributed by atoms with van der Waals surface area (Å²) in [5.74, 6) is -2.92. The third-order valence-corrected chi connectivity index (χ3v) is 4.58. The Bertz CT molecular complexity index is 1050. The minimum absolute atomic E-state index is 0.334. The highest BCUT2D eigenvalue weighted by molar-refractivity contribution is 6.38. The molecular formula is C17H14Cl2F6N4O3. The van der Waals surface area contributed by atoms with E-state index in [1.165, 1.54) is 19.0 Å². The summed E-state index contributed by atoms with van der Waals surface area (Å²) in [6, 6.07) is 0.818. The van der Waals surface area contributed by atoms with Crippen molar-refractivity contribution < 1.29 is 41.4 Å². The molecule has 0 saturated heterocycles. The second-order valence-corrected chi connectivity index (χ2v) is 7.64. The van der Waals surface area contributed by atoms with Gasteiger partial charge in [0.1, 0.15) is 5.69 Å². The van der Waals surface area contributed by atoms with Gasteiger partial charge in [0.25, 0.3) is 0 Å². The zero-order valence-electron chi connectivity index (χ0n) is 16.3. The summed E-state index contributed by atoms with van der Waals surface area (Å²) in [5.41, 5.74) is -8.17. The number of nitrogens with zero attached hydrogens (tertiary/aromatic N) is 4. The Morgan fingerprint density at radius 2 is 1.62 bits per heavy atom. The molecule has 0 bridgehead atoms. The van der Waals surface area contributed by atoms with Crippen LogP contribution in [0.4, 0.5) is 32.2 Å². The van der Waals surface area contributed by atoms with Crippen LogP contribution in [0.3, 0.4) is 0 Å². The summed E-state index contributed by atoms with van der Waals surface area (Å²) in [7, 11) is 2.87. The normalized spacial score (nSPS) is 14.6. The Labute approximate surface area is 186 Å². The van der Waals surface area contributed by atoms with E-state index in [1.807, 2.05) is 0 Å². The zero-order valence-corrected chi connectivity index (χ0v) is 17.9. The van der Waals surface area contributed by atoms with Gasteiger partial charge in [-0.3, -0.25) is 0 Å². The number of carboxylic acid groups (broad SMARTS) is 1. The molecule has 0 aliphatic rings. The van der Waals surface area contributed by atoms with Gasteiger partial charge in [-0.1, -0.05) is 23.2 Å². The molecule has 176 valence electrons. The molecule has 0 aliphatic heterocycles. The average Bonchev–Trinajstić information content (AvgIpc) is 2.98. The third-order valence-electron chi connectivity index (χ3n) is 4.00. The van der Waals surface area contributed by atoms with Crippen LogP contribution in [0.15, 0.2) is 17.1 Å². The SMILES string of the molecule is CN(C)C=Nc1c(C(C)(O)C(=O)O)c(C(F)(F)F)nn1-c1c(Cl)cc(C(F)(F)F)cc1Cl. The first kappa shape index (κ1) is 25.7. The van der Waals surface area contributed by atoms with Gasteiger partial charge in [0, 0.05) is 14.1 Å². The van der Waals surface area contributed by atoms with Crippen LogP contribution in [0.1, 0.15) is 23.7 Å². The smallest absolute Gasteiger partial charge is 0.435 e. The zero-order chi connectivity index (χ0) is 24.8. The van der Waals surface area contributed by atoms with E-state index in [0.717, 1.165) is 6.34 Å². The van der Waals surface area contributed by atoms with Crippen LogP contribution in [-0.4, -0.2) is 51.3 Å². The van der Waals surface area contributed by atoms with Crippen molar-refractivity contribution in [1.82, 2.24) is 14.7 Å². The van der Waals surface area contributed by atoms with Gasteiger partial charge in [0.15, 0.2) is 17.1 Å². The number of aliphatic hydroxyl groups is 1. The van der Waals surface area contributed by atoms with Crippen molar-refractivity contribution >= 4 is 41.3 Å². The molecule has 2 aromatic rings. The molecule has 2 rings (SSSR count). The maximum absolute atomic E-state index is 13.7. The molecule has 7 nitrogen and oxygen atoms in total. The number of carbonyl (C=O) groups is 1. The van der Waals surface area contributed by atoms with Gasteiger partial charge in [-0.2, -0.15) is 31.4 Å². The second-order valence-electron chi connectivity index (χ2n) is 6.83. The Balaban J connectivity index is 3.03. The molecule has 1 unspecified atom stereocenters. The molecular weight excluding hydrogens is 493 g/mol. The molecule has 2 N–H and O–H groups in total. The van der Waals surface area contributed by atoms with E-state index in [9.17, 15) is 41.4 Å². The number of carboxylic acids is 1. The largest absolute Gasteiger partial charge is 0.479 e. The van der Waals surface area contributed by atoms with E-state index in [4.69, 9.17) is 23.2 Å². The molecule has 32 heavy (non-hydrogen) atoms. The minimum Gasteiger partial charge on any atom is -0.479 e. The van der Waals surface area contributed by atoms with Crippen molar-refractivity contribution in [2.24, 2.45) is 4.99 Å². The van der Waals surface area contributed by atoms with E-state index >= 15 is 0 Å². The number of benzene rings is 1. The van der Waals surface area contributed by atoms with Gasteiger partial charge in [0.2, 0.25) is 0 Å². The summed E-state index contributed by atoms with van der Waals surface area (Å²) < 4.78 is 80.6. The highest BCUT2D eigenvalue weighted by atomic mass is 35.5. The van der Waals surface area contributed by atoms with E-state index < -0.39 is 62.3 Å². The van der Waals surface area contributed by atoms with E-state index in [0.29, 0.717) is 23.7 Å². The molecule has 1 heterocycles. The Kier molecular flexibility index (Phi) is 6.80. The number of hydrogen-bond acceptors (Lipinski definition) is 4. The summed E-state index contributed by atoms with van der Waals surface area (Å²) >= 11 is 11.8. The lowest BCUT2D eigenvalue weighted by Crippen LogP contribution is -2.34. The fraction of sp³-hybridized carbons (Fsp3) is 0.353. The lowest BCUT2D eigenvalue weighted by Gasteiger charge is -2.20. The molecule has 0 saturated carbocycles. The van der Waals surface area contributed by atoms with Gasteiger partial charge in [-0.05, 0) is 19.1 Å². The fourth-order valence-corrected chi connectivity index (χ4v) is 3.19. The summed E-state index contributed by atoms with van der Waals surface area (Å²) in [6.45, 7) is 0.566. The predicted molar refractivity (Wildman–Crippen MR) is 103 cm³/mol. The number of aromatic nitrogens is 2. The molecule has 0 amide bonds. The van der Waals surface area contributed by atoms with Crippen LogP contribution in [0.5, 0.6) is 0 Å². The lowest BCUT2D eigenvalue weighted by molar-refractivity contribution is -0.160. The predicted octanol–water partition coefficient (Wildman–Crippen LogP) is 4.73. The summed E-state index contributed by atoms with van der Waals surface area (Å²) in [6.07, 6.45) is -9.19. The molecule has 0 fully saturated rings. The molecule has 1 aromatic heterocycles. The second kappa shape index (κ2) is 8.45. The van der Waals surface area contributed by atoms with Crippen molar-refractivity contribution in [2.75, 3.05) is 14.1 Å². The molecule has 1 aromatic carbocycles. The van der Waals surface area contributed by atoms with Crippen LogP contribution in [0.2, 0.25) is 10.0 Å². The van der Waals surface area contributed by atoms with E-state index in [-0.39, 0.29) is 0 Å². The van der Waals surface area contributed by atoms with Crippen molar-refractivity contribution in [3.63, 3.8) is 0 Å². The quantitative estimate of drug-likeness (QED) is 0.347. The summed E-state index contributed by atoms with van der Waals surface area (Å²) in [5, 5.41) is 21.4. The van der Waals surface area contributed by atoms with Gasteiger partial charge in [-0.15, -0.1) is 0 Å². The van der Waals surface area contributed by atoms with Crippen LogP contribution < -0.4 is 0 Å². The average molecular weight is 507 g/mol. The molecule has 15 heteroatoms. The number of rotatable bonds is 5. The Hall–Kier alpha value is -2.51. The van der Waals surface area contributed by atoms with Crippen molar-refractivity contribution in [1.29, 1.82) is 0 Å². The summed E-state index contributed by atoms with van der Waals surface area (Å²) in [4.78, 5) is 16.6. The first-order valence-electron chi connectivity index (χ1n) is 8.32. The van der Waals surface area contributed by atoms with Crippen molar-refractivity contribution in [3.8, 4) is 5.69 Å². The van der Waals surface area contributed by atoms with Crippen LogP contribution in [0.25, 0.3) is 5.69 Å². The number of aliphatic carboxylic acids is 1. The van der Waals surface area contributed by atoms with Crippen molar-refractivity contribution in [2.45, 2.75) is 24.9 Å². The number of aliphatic imine (C=N–C) groups is 1. The highest BCUT2D eigenvalue weighted by Crippen LogP contribution is 2.45. The molecule has 0 spiro atoms. The van der Waals surface area contributed by atoms with Crippen molar-refractivity contribution in [3.05, 3.63) is 39.0 Å². The van der Waals surface area contributed by atoms with Crippen LogP contribution >= 0.6 is 23.2 Å².